The van der Waals surface area contributed by atoms with Crippen molar-refractivity contribution in [3.8, 4) is 0 Å². The van der Waals surface area contributed by atoms with Gasteiger partial charge in [-0.2, -0.15) is 0 Å². The van der Waals surface area contributed by atoms with Crippen molar-refractivity contribution >= 4 is 35.3 Å². The lowest BCUT2D eigenvalue weighted by Crippen LogP contribution is -2.31. The third kappa shape index (κ3) is 4.86. The monoisotopic (exact) mass is 386 g/mol. The topological polar surface area (TPSA) is 75.7 Å². The van der Waals surface area contributed by atoms with Crippen LogP contribution in [0.5, 0.6) is 0 Å². The van der Waals surface area contributed by atoms with Crippen molar-refractivity contribution in [1.29, 1.82) is 0 Å². The SMILES string of the molecule is O=C(Cc1cccc(Cl)c1C(=O)Nc1ccccc1)OC(=O)N1CCCC1. The van der Waals surface area contributed by atoms with Gasteiger partial charge in [0.15, 0.2) is 0 Å². The third-order valence-corrected chi connectivity index (χ3v) is 4.57. The fraction of sp³-hybridized carbons (Fsp3) is 0.250. The summed E-state index contributed by atoms with van der Waals surface area (Å²) in [6, 6.07) is 13.8. The number of amides is 2. The summed E-state index contributed by atoms with van der Waals surface area (Å²) in [6.45, 7) is 1.18. The molecule has 0 radical (unpaired) electrons. The smallest absolute Gasteiger partial charge is 0.376 e. The van der Waals surface area contributed by atoms with E-state index < -0.39 is 18.0 Å². The highest BCUT2D eigenvalue weighted by Gasteiger charge is 2.24. The van der Waals surface area contributed by atoms with Crippen molar-refractivity contribution in [2.75, 3.05) is 18.4 Å². The van der Waals surface area contributed by atoms with Gasteiger partial charge in [-0.15, -0.1) is 0 Å². The number of esters is 1. The third-order valence-electron chi connectivity index (χ3n) is 4.26. The summed E-state index contributed by atoms with van der Waals surface area (Å²) in [6.07, 6.45) is 0.940. The first-order chi connectivity index (χ1) is 13.0. The second kappa shape index (κ2) is 8.68. The first kappa shape index (κ1) is 18.9. The van der Waals surface area contributed by atoms with Crippen molar-refractivity contribution in [2.24, 2.45) is 0 Å². The Morgan fingerprint density at radius 2 is 1.70 bits per heavy atom. The number of para-hydroxylation sites is 1. The van der Waals surface area contributed by atoms with Crippen LogP contribution >= 0.6 is 11.6 Å². The minimum absolute atomic E-state index is 0.189. The standard InChI is InChI=1S/C20H19ClN2O4/c21-16-10-6-7-14(13-17(24)27-20(26)23-11-4-5-12-23)18(16)19(25)22-15-8-2-1-3-9-15/h1-3,6-10H,4-5,11-13H2,(H,22,25). The van der Waals surface area contributed by atoms with E-state index in [1.807, 2.05) is 6.07 Å². The summed E-state index contributed by atoms with van der Waals surface area (Å²) in [5.74, 6) is -1.15. The van der Waals surface area contributed by atoms with Gasteiger partial charge in [-0.3, -0.25) is 9.59 Å². The highest BCUT2D eigenvalue weighted by molar-refractivity contribution is 6.34. The van der Waals surface area contributed by atoms with Gasteiger partial charge < -0.3 is 15.0 Å². The Morgan fingerprint density at radius 1 is 1.00 bits per heavy atom. The maximum absolute atomic E-state index is 12.6. The predicted octanol–water partition coefficient (Wildman–Crippen LogP) is 3.89. The molecule has 0 aromatic heterocycles. The number of nitrogens with one attached hydrogen (secondary N) is 1. The van der Waals surface area contributed by atoms with Crippen LogP contribution in [0.1, 0.15) is 28.8 Å². The number of ether oxygens (including phenoxy) is 1. The van der Waals surface area contributed by atoms with Crippen LogP contribution in [0, 0.1) is 0 Å². The van der Waals surface area contributed by atoms with Gasteiger partial charge in [0, 0.05) is 18.8 Å². The number of benzene rings is 2. The van der Waals surface area contributed by atoms with Crippen LogP contribution in [-0.4, -0.2) is 36.0 Å². The van der Waals surface area contributed by atoms with Crippen LogP contribution in [0.15, 0.2) is 48.5 Å². The molecular formula is C20H19ClN2O4. The lowest BCUT2D eigenvalue weighted by atomic mass is 10.0. The Kier molecular flexibility index (Phi) is 6.08. The lowest BCUT2D eigenvalue weighted by molar-refractivity contribution is -0.137. The summed E-state index contributed by atoms with van der Waals surface area (Å²) in [4.78, 5) is 38.3. The van der Waals surface area contributed by atoms with E-state index in [-0.39, 0.29) is 17.0 Å². The first-order valence-corrected chi connectivity index (χ1v) is 9.06. The number of rotatable bonds is 4. The molecule has 1 N–H and O–H groups in total. The Labute approximate surface area is 162 Å². The van der Waals surface area contributed by atoms with Gasteiger partial charge in [0.1, 0.15) is 0 Å². The molecule has 0 bridgehead atoms. The molecule has 140 valence electrons. The fourth-order valence-corrected chi connectivity index (χ4v) is 3.22. The Balaban J connectivity index is 1.71. The zero-order valence-electron chi connectivity index (χ0n) is 14.6. The molecule has 3 rings (SSSR count). The fourth-order valence-electron chi connectivity index (χ4n) is 2.94. The van der Waals surface area contributed by atoms with E-state index in [0.717, 1.165) is 12.8 Å². The second-order valence-corrected chi connectivity index (χ2v) is 6.61. The number of hydrogen-bond acceptors (Lipinski definition) is 4. The molecule has 2 amide bonds. The van der Waals surface area contributed by atoms with Gasteiger partial charge in [-0.25, -0.2) is 4.79 Å². The van der Waals surface area contributed by atoms with Gasteiger partial charge in [-0.1, -0.05) is 41.9 Å². The van der Waals surface area contributed by atoms with E-state index in [9.17, 15) is 14.4 Å². The number of likely N-dealkylation sites (tertiary alicyclic amines) is 1. The van der Waals surface area contributed by atoms with Crippen molar-refractivity contribution in [3.05, 3.63) is 64.7 Å². The van der Waals surface area contributed by atoms with Crippen LogP contribution in [0.3, 0.4) is 0 Å². The largest absolute Gasteiger partial charge is 0.417 e. The first-order valence-electron chi connectivity index (χ1n) is 8.68. The quantitative estimate of drug-likeness (QED) is 0.638. The van der Waals surface area contributed by atoms with Gasteiger partial charge in [-0.05, 0) is 36.6 Å². The maximum Gasteiger partial charge on any atom is 0.417 e. The average molecular weight is 387 g/mol. The van der Waals surface area contributed by atoms with Crippen molar-refractivity contribution in [1.82, 2.24) is 4.90 Å². The van der Waals surface area contributed by atoms with Crippen molar-refractivity contribution < 1.29 is 19.1 Å². The molecule has 6 nitrogen and oxygen atoms in total. The van der Waals surface area contributed by atoms with Crippen LogP contribution < -0.4 is 5.32 Å². The zero-order chi connectivity index (χ0) is 19.2. The molecule has 0 atom stereocenters. The summed E-state index contributed by atoms with van der Waals surface area (Å²) in [5, 5.41) is 2.97. The molecule has 1 aliphatic heterocycles. The highest BCUT2D eigenvalue weighted by atomic mass is 35.5. The number of hydrogen-bond donors (Lipinski definition) is 1. The van der Waals surface area contributed by atoms with Crippen LogP contribution in [0.2, 0.25) is 5.02 Å². The summed E-state index contributed by atoms with van der Waals surface area (Å²) >= 11 is 6.20. The number of halogens is 1. The molecule has 27 heavy (non-hydrogen) atoms. The van der Waals surface area contributed by atoms with Crippen LogP contribution in [0.25, 0.3) is 0 Å². The van der Waals surface area contributed by atoms with E-state index >= 15 is 0 Å². The second-order valence-electron chi connectivity index (χ2n) is 6.21. The van der Waals surface area contributed by atoms with E-state index in [0.29, 0.717) is 24.3 Å². The lowest BCUT2D eigenvalue weighted by Gasteiger charge is -2.15. The summed E-state index contributed by atoms with van der Waals surface area (Å²) in [5.41, 5.74) is 1.20. The highest BCUT2D eigenvalue weighted by Crippen LogP contribution is 2.23. The zero-order valence-corrected chi connectivity index (χ0v) is 15.4. The van der Waals surface area contributed by atoms with E-state index in [1.165, 1.54) is 4.90 Å². The maximum atomic E-state index is 12.6. The molecule has 1 saturated heterocycles. The molecule has 0 unspecified atom stereocenters. The van der Waals surface area contributed by atoms with Gasteiger partial charge >= 0.3 is 12.1 Å². The molecular weight excluding hydrogens is 368 g/mol. The number of carbonyl (C=O) groups is 3. The molecule has 2 aromatic rings. The molecule has 0 saturated carbocycles. The Morgan fingerprint density at radius 3 is 2.41 bits per heavy atom. The number of carbonyl (C=O) groups excluding carboxylic acids is 3. The number of nitrogens with zero attached hydrogens (tertiary/aromatic N) is 1. The normalized spacial score (nSPS) is 13.3. The summed E-state index contributed by atoms with van der Waals surface area (Å²) in [7, 11) is 0. The van der Waals surface area contributed by atoms with E-state index in [4.69, 9.17) is 16.3 Å². The molecule has 7 heteroatoms. The predicted molar refractivity (Wildman–Crippen MR) is 102 cm³/mol. The molecule has 1 fully saturated rings. The minimum atomic E-state index is -0.720. The molecule has 2 aromatic carbocycles. The van der Waals surface area contributed by atoms with Gasteiger partial charge in [0.05, 0.1) is 17.0 Å². The van der Waals surface area contributed by atoms with E-state index in [1.54, 1.807) is 42.5 Å². The van der Waals surface area contributed by atoms with E-state index in [2.05, 4.69) is 5.32 Å². The van der Waals surface area contributed by atoms with Crippen molar-refractivity contribution in [2.45, 2.75) is 19.3 Å². The summed E-state index contributed by atoms with van der Waals surface area (Å²) < 4.78 is 4.90. The molecule has 1 aliphatic rings. The van der Waals surface area contributed by atoms with Crippen LogP contribution in [0.4, 0.5) is 10.5 Å². The Bertz CT molecular complexity index is 848. The number of anilines is 1. The molecule has 1 heterocycles. The average Bonchev–Trinajstić information content (AvgIpc) is 3.17. The van der Waals surface area contributed by atoms with Gasteiger partial charge in [0.25, 0.3) is 5.91 Å². The van der Waals surface area contributed by atoms with Crippen molar-refractivity contribution in [3.63, 3.8) is 0 Å². The van der Waals surface area contributed by atoms with Gasteiger partial charge in [0.2, 0.25) is 0 Å². The van der Waals surface area contributed by atoms with Crippen LogP contribution in [-0.2, 0) is 16.0 Å². The minimum Gasteiger partial charge on any atom is -0.376 e. The molecule has 0 aliphatic carbocycles. The molecule has 0 spiro atoms. The Hall–Kier alpha value is -2.86.